The van der Waals surface area contributed by atoms with Gasteiger partial charge in [0.25, 0.3) is 0 Å². The molecule has 2 saturated heterocycles. The van der Waals surface area contributed by atoms with E-state index in [1.54, 1.807) is 6.20 Å². The van der Waals surface area contributed by atoms with Crippen molar-refractivity contribution < 1.29 is 9.53 Å². The molecule has 19 heavy (non-hydrogen) atoms. The molecule has 2 aliphatic heterocycles. The van der Waals surface area contributed by atoms with Gasteiger partial charge in [-0.2, -0.15) is 0 Å². The predicted octanol–water partition coefficient (Wildman–Crippen LogP) is 0.967. The summed E-state index contributed by atoms with van der Waals surface area (Å²) in [5.74, 6) is 0.991. The zero-order valence-corrected chi connectivity index (χ0v) is 11.3. The number of hydrogen-bond acceptors (Lipinski definition) is 4. The van der Waals surface area contributed by atoms with Gasteiger partial charge in [0, 0.05) is 43.4 Å². The van der Waals surface area contributed by atoms with Crippen LogP contribution in [0.15, 0.2) is 12.3 Å². The molecule has 0 bridgehead atoms. The molecule has 1 aromatic heterocycles. The quantitative estimate of drug-likeness (QED) is 0.813. The minimum absolute atomic E-state index is 0.230. The molecule has 0 aromatic carbocycles. The molecule has 0 saturated carbocycles. The lowest BCUT2D eigenvalue weighted by Crippen LogP contribution is -2.58. The second-order valence-electron chi connectivity index (χ2n) is 5.65. The Morgan fingerprint density at radius 3 is 3.05 bits per heavy atom. The average molecular weight is 261 g/mol. The van der Waals surface area contributed by atoms with E-state index >= 15 is 0 Å². The van der Waals surface area contributed by atoms with Crippen molar-refractivity contribution in [2.75, 3.05) is 26.3 Å². The van der Waals surface area contributed by atoms with Gasteiger partial charge in [-0.15, -0.1) is 0 Å². The Morgan fingerprint density at radius 2 is 2.37 bits per heavy atom. The normalized spacial score (nSPS) is 20.6. The minimum atomic E-state index is 0.230. The van der Waals surface area contributed by atoms with Crippen LogP contribution in [0.4, 0.5) is 0 Å². The van der Waals surface area contributed by atoms with Gasteiger partial charge in [-0.3, -0.25) is 4.79 Å². The summed E-state index contributed by atoms with van der Waals surface area (Å²) in [6, 6.07) is 1.88. The van der Waals surface area contributed by atoms with Crippen LogP contribution in [-0.2, 0) is 16.0 Å². The van der Waals surface area contributed by atoms with Crippen LogP contribution in [0.1, 0.15) is 24.4 Å². The molecule has 5 nitrogen and oxygen atoms in total. The summed E-state index contributed by atoms with van der Waals surface area (Å²) in [5.41, 5.74) is 1.22. The first-order valence-electron chi connectivity index (χ1n) is 6.81. The first kappa shape index (κ1) is 12.5. The van der Waals surface area contributed by atoms with Crippen LogP contribution in [0.25, 0.3) is 0 Å². The van der Waals surface area contributed by atoms with E-state index < -0.39 is 0 Å². The van der Waals surface area contributed by atoms with Crippen LogP contribution < -0.4 is 0 Å². The van der Waals surface area contributed by atoms with E-state index in [1.165, 1.54) is 0 Å². The molecule has 1 aromatic rings. The highest BCUT2D eigenvalue weighted by atomic mass is 16.5. The minimum Gasteiger partial charge on any atom is -0.381 e. The Morgan fingerprint density at radius 1 is 1.53 bits per heavy atom. The molecule has 0 atom stereocenters. The number of rotatable bonds is 3. The lowest BCUT2D eigenvalue weighted by atomic mass is 9.79. The summed E-state index contributed by atoms with van der Waals surface area (Å²) >= 11 is 0. The maximum atomic E-state index is 12.1. The van der Waals surface area contributed by atoms with Gasteiger partial charge < -0.3 is 9.64 Å². The van der Waals surface area contributed by atoms with Crippen molar-refractivity contribution in [3.8, 4) is 0 Å². The number of carbonyl (C=O) groups is 1. The number of nitrogens with zero attached hydrogens (tertiary/aromatic N) is 3. The second-order valence-corrected chi connectivity index (χ2v) is 5.65. The molecule has 0 N–H and O–H groups in total. The summed E-state index contributed by atoms with van der Waals surface area (Å²) in [4.78, 5) is 22.4. The first-order valence-corrected chi connectivity index (χ1v) is 6.81. The number of aryl methyl sites for hydroxylation is 2. The maximum absolute atomic E-state index is 12.1. The molecule has 2 fully saturated rings. The third-order valence-corrected chi connectivity index (χ3v) is 4.02. The van der Waals surface area contributed by atoms with Crippen molar-refractivity contribution in [2.24, 2.45) is 5.41 Å². The molecule has 0 aliphatic carbocycles. The predicted molar refractivity (Wildman–Crippen MR) is 69.5 cm³/mol. The van der Waals surface area contributed by atoms with Crippen molar-refractivity contribution in [2.45, 2.75) is 26.2 Å². The number of aromatic nitrogens is 2. The Labute approximate surface area is 113 Å². The van der Waals surface area contributed by atoms with Crippen LogP contribution in [0, 0.1) is 12.3 Å². The maximum Gasteiger partial charge on any atom is 0.223 e. The van der Waals surface area contributed by atoms with E-state index in [9.17, 15) is 4.79 Å². The third-order valence-electron chi connectivity index (χ3n) is 4.02. The molecule has 0 radical (unpaired) electrons. The third kappa shape index (κ3) is 2.61. The topological polar surface area (TPSA) is 55.3 Å². The Hall–Kier alpha value is -1.49. The molecule has 1 amide bonds. The van der Waals surface area contributed by atoms with Crippen LogP contribution in [0.3, 0.4) is 0 Å². The molecule has 5 heteroatoms. The van der Waals surface area contributed by atoms with Crippen molar-refractivity contribution >= 4 is 5.91 Å². The zero-order chi connectivity index (χ0) is 13.3. The summed E-state index contributed by atoms with van der Waals surface area (Å²) in [6.45, 7) is 5.28. The van der Waals surface area contributed by atoms with E-state index in [4.69, 9.17) is 4.74 Å². The fraction of sp³-hybridized carbons (Fsp3) is 0.643. The number of hydrogen-bond donors (Lipinski definition) is 0. The number of carbonyl (C=O) groups excluding carboxylic acids is 1. The first-order chi connectivity index (χ1) is 9.17. The molecular weight excluding hydrogens is 242 g/mol. The summed E-state index contributed by atoms with van der Waals surface area (Å²) in [6.07, 6.45) is 4.08. The van der Waals surface area contributed by atoms with Gasteiger partial charge in [0.1, 0.15) is 5.82 Å². The second kappa shape index (κ2) is 4.89. The van der Waals surface area contributed by atoms with E-state index in [-0.39, 0.29) is 11.3 Å². The fourth-order valence-electron chi connectivity index (χ4n) is 2.88. The van der Waals surface area contributed by atoms with Gasteiger partial charge in [0.15, 0.2) is 0 Å². The van der Waals surface area contributed by atoms with Gasteiger partial charge in [0.05, 0.1) is 6.61 Å². The highest BCUT2D eigenvalue weighted by molar-refractivity contribution is 5.77. The van der Waals surface area contributed by atoms with Gasteiger partial charge in [-0.05, 0) is 25.8 Å². The highest BCUT2D eigenvalue weighted by Gasteiger charge is 2.47. The highest BCUT2D eigenvalue weighted by Crippen LogP contribution is 2.38. The summed E-state index contributed by atoms with van der Waals surface area (Å²) in [5, 5.41) is 0. The standard InChI is InChI=1S/C14H19N3O2/c1-11-15-6-4-12(16-11)2-3-13(18)17-8-14(9-17)5-7-19-10-14/h4,6H,2-3,5,7-10H2,1H3. The largest absolute Gasteiger partial charge is 0.381 e. The molecule has 2 aliphatic rings. The van der Waals surface area contributed by atoms with Crippen molar-refractivity contribution in [3.05, 3.63) is 23.8 Å². The SMILES string of the molecule is Cc1nccc(CCC(=O)N2CC3(CCOC3)C2)n1. The van der Waals surface area contributed by atoms with Crippen molar-refractivity contribution in [1.82, 2.24) is 14.9 Å². The van der Waals surface area contributed by atoms with Crippen molar-refractivity contribution in [3.63, 3.8) is 0 Å². The van der Waals surface area contributed by atoms with Crippen molar-refractivity contribution in [1.29, 1.82) is 0 Å². The molecular formula is C14H19N3O2. The van der Waals surface area contributed by atoms with E-state index in [0.29, 0.717) is 12.8 Å². The van der Waals surface area contributed by atoms with Gasteiger partial charge in [0.2, 0.25) is 5.91 Å². The lowest BCUT2D eigenvalue weighted by Gasteiger charge is -2.47. The zero-order valence-electron chi connectivity index (χ0n) is 11.3. The number of ether oxygens (including phenoxy) is 1. The smallest absolute Gasteiger partial charge is 0.223 e. The van der Waals surface area contributed by atoms with Crippen LogP contribution in [0.2, 0.25) is 0 Å². The fourth-order valence-corrected chi connectivity index (χ4v) is 2.88. The average Bonchev–Trinajstić information content (AvgIpc) is 2.84. The van der Waals surface area contributed by atoms with Gasteiger partial charge in [-0.1, -0.05) is 0 Å². The van der Waals surface area contributed by atoms with Gasteiger partial charge >= 0.3 is 0 Å². The van der Waals surface area contributed by atoms with Crippen LogP contribution >= 0.6 is 0 Å². The van der Waals surface area contributed by atoms with E-state index in [1.807, 2.05) is 17.9 Å². The Bertz CT molecular complexity index is 475. The van der Waals surface area contributed by atoms with E-state index in [2.05, 4.69) is 9.97 Å². The Balaban J connectivity index is 1.47. The monoisotopic (exact) mass is 261 g/mol. The molecule has 102 valence electrons. The lowest BCUT2D eigenvalue weighted by molar-refractivity contribution is -0.143. The number of amides is 1. The van der Waals surface area contributed by atoms with Crippen LogP contribution in [0.5, 0.6) is 0 Å². The summed E-state index contributed by atoms with van der Waals surface area (Å²) < 4.78 is 5.42. The molecule has 3 rings (SSSR count). The van der Waals surface area contributed by atoms with Crippen LogP contribution in [-0.4, -0.2) is 47.1 Å². The van der Waals surface area contributed by atoms with Gasteiger partial charge in [-0.25, -0.2) is 9.97 Å². The Kier molecular flexibility index (Phi) is 3.22. The van der Waals surface area contributed by atoms with E-state index in [0.717, 1.165) is 44.2 Å². The molecule has 3 heterocycles. The molecule has 0 unspecified atom stereocenters. The molecule has 1 spiro atoms. The summed E-state index contributed by atoms with van der Waals surface area (Å²) in [7, 11) is 0. The number of likely N-dealkylation sites (tertiary alicyclic amines) is 1.